The smallest absolute Gasteiger partial charge is 0.354 e. The molecular weight excluding hydrogens is 276 g/mol. The molecule has 0 saturated heterocycles. The molecule has 20 heavy (non-hydrogen) atoms. The highest BCUT2D eigenvalue weighted by Gasteiger charge is 2.25. The number of ether oxygens (including phenoxy) is 1. The normalized spacial score (nSPS) is 17.1. The van der Waals surface area contributed by atoms with E-state index in [2.05, 4.69) is 10.3 Å². The van der Waals surface area contributed by atoms with Crippen molar-refractivity contribution in [3.63, 3.8) is 0 Å². The average molecular weight is 289 g/mol. The van der Waals surface area contributed by atoms with Gasteiger partial charge in [0.2, 0.25) is 0 Å². The van der Waals surface area contributed by atoms with E-state index in [4.69, 9.17) is 16.3 Å². The van der Waals surface area contributed by atoms with Crippen molar-refractivity contribution >= 4 is 34.2 Å². The van der Waals surface area contributed by atoms with Crippen LogP contribution in [0.4, 0.5) is 5.69 Å². The first-order valence-electron chi connectivity index (χ1n) is 6.21. The molecule has 2 heterocycles. The lowest BCUT2D eigenvalue weighted by Gasteiger charge is -2.23. The summed E-state index contributed by atoms with van der Waals surface area (Å²) < 4.78 is 4.74. The second kappa shape index (κ2) is 4.80. The number of methoxy groups -OCH3 is 1. The molecule has 3 rings (SSSR count). The number of rotatable bonds is 1. The number of esters is 1. The SMILES string of the molecule is COC(=O)C1=CC(Cl)c2cc(C)c3cccnc3c2N1. The van der Waals surface area contributed by atoms with Gasteiger partial charge in [-0.2, -0.15) is 0 Å². The molecule has 2 aromatic rings. The number of nitrogens with zero attached hydrogens (tertiary/aromatic N) is 1. The van der Waals surface area contributed by atoms with Gasteiger partial charge in [-0.15, -0.1) is 11.6 Å². The predicted octanol–water partition coefficient (Wildman–Crippen LogP) is 3.31. The molecule has 0 bridgehead atoms. The lowest BCUT2D eigenvalue weighted by Crippen LogP contribution is -2.19. The van der Waals surface area contributed by atoms with Gasteiger partial charge in [0.05, 0.1) is 23.7 Å². The van der Waals surface area contributed by atoms with Crippen molar-refractivity contribution in [2.24, 2.45) is 0 Å². The molecule has 0 radical (unpaired) electrons. The van der Waals surface area contributed by atoms with E-state index in [-0.39, 0.29) is 5.38 Å². The Morgan fingerprint density at radius 2 is 2.30 bits per heavy atom. The summed E-state index contributed by atoms with van der Waals surface area (Å²) in [5.41, 5.74) is 3.95. The summed E-state index contributed by atoms with van der Waals surface area (Å²) >= 11 is 6.36. The third-order valence-electron chi connectivity index (χ3n) is 3.41. The molecule has 1 aliphatic heterocycles. The van der Waals surface area contributed by atoms with E-state index in [1.807, 2.05) is 25.1 Å². The second-order valence-electron chi connectivity index (χ2n) is 4.66. The van der Waals surface area contributed by atoms with Gasteiger partial charge in [-0.1, -0.05) is 12.1 Å². The molecule has 1 unspecified atom stereocenters. The molecule has 0 saturated carbocycles. The third-order valence-corrected chi connectivity index (χ3v) is 3.77. The molecule has 0 aliphatic carbocycles. The van der Waals surface area contributed by atoms with Gasteiger partial charge in [0, 0.05) is 11.6 Å². The Bertz CT molecular complexity index is 740. The van der Waals surface area contributed by atoms with Gasteiger partial charge < -0.3 is 10.1 Å². The molecule has 1 aliphatic rings. The largest absolute Gasteiger partial charge is 0.464 e. The number of anilines is 1. The van der Waals surface area contributed by atoms with Crippen LogP contribution in [0.1, 0.15) is 16.5 Å². The summed E-state index contributed by atoms with van der Waals surface area (Å²) in [4.78, 5) is 16.1. The standard InChI is InChI=1S/C15H13ClN2O2/c1-8-6-10-11(16)7-12(15(19)20-2)18-14(10)13-9(8)4-3-5-17-13/h3-7,11,18H,1-2H3. The van der Waals surface area contributed by atoms with Crippen LogP contribution in [-0.4, -0.2) is 18.1 Å². The fourth-order valence-electron chi connectivity index (χ4n) is 2.43. The minimum absolute atomic E-state index is 0.343. The van der Waals surface area contributed by atoms with Crippen molar-refractivity contribution < 1.29 is 9.53 Å². The maximum atomic E-state index is 11.7. The molecular formula is C15H13ClN2O2. The molecule has 0 amide bonds. The lowest BCUT2D eigenvalue weighted by atomic mass is 9.97. The van der Waals surface area contributed by atoms with Crippen molar-refractivity contribution in [2.45, 2.75) is 12.3 Å². The Morgan fingerprint density at radius 3 is 3.05 bits per heavy atom. The van der Waals surface area contributed by atoms with Gasteiger partial charge in [-0.25, -0.2) is 4.79 Å². The van der Waals surface area contributed by atoms with Gasteiger partial charge >= 0.3 is 5.97 Å². The topological polar surface area (TPSA) is 51.2 Å². The quantitative estimate of drug-likeness (QED) is 0.646. The van der Waals surface area contributed by atoms with Crippen molar-refractivity contribution in [3.05, 3.63) is 47.3 Å². The number of carbonyl (C=O) groups is 1. The predicted molar refractivity (Wildman–Crippen MR) is 78.8 cm³/mol. The van der Waals surface area contributed by atoms with Gasteiger partial charge in [-0.3, -0.25) is 4.98 Å². The van der Waals surface area contributed by atoms with E-state index in [0.717, 1.165) is 27.7 Å². The minimum Gasteiger partial charge on any atom is -0.464 e. The first-order valence-corrected chi connectivity index (χ1v) is 6.65. The number of allylic oxidation sites excluding steroid dienone is 1. The molecule has 4 nitrogen and oxygen atoms in total. The second-order valence-corrected chi connectivity index (χ2v) is 5.13. The zero-order valence-electron chi connectivity index (χ0n) is 11.1. The summed E-state index contributed by atoms with van der Waals surface area (Å²) in [5, 5.41) is 3.74. The average Bonchev–Trinajstić information content (AvgIpc) is 2.47. The number of benzene rings is 1. The van der Waals surface area contributed by atoms with Crippen LogP contribution in [0.3, 0.4) is 0 Å². The van der Waals surface area contributed by atoms with Crippen LogP contribution in [0.2, 0.25) is 0 Å². The van der Waals surface area contributed by atoms with Gasteiger partial charge in [0.25, 0.3) is 0 Å². The van der Waals surface area contributed by atoms with E-state index in [9.17, 15) is 4.79 Å². The zero-order chi connectivity index (χ0) is 14.3. The first kappa shape index (κ1) is 12.9. The zero-order valence-corrected chi connectivity index (χ0v) is 11.9. The van der Waals surface area contributed by atoms with E-state index >= 15 is 0 Å². The summed E-state index contributed by atoms with van der Waals surface area (Å²) in [6.45, 7) is 2.02. The number of alkyl halides is 1. The van der Waals surface area contributed by atoms with Crippen LogP contribution >= 0.6 is 11.6 Å². The van der Waals surface area contributed by atoms with Crippen LogP contribution < -0.4 is 5.32 Å². The summed E-state index contributed by atoms with van der Waals surface area (Å²) in [6.07, 6.45) is 3.38. The van der Waals surface area contributed by atoms with Crippen molar-refractivity contribution in [3.8, 4) is 0 Å². The Labute approximate surface area is 121 Å². The molecule has 1 atom stereocenters. The molecule has 5 heteroatoms. The molecule has 0 spiro atoms. The van der Waals surface area contributed by atoms with E-state index < -0.39 is 5.97 Å². The number of nitrogens with one attached hydrogen (secondary N) is 1. The first-order chi connectivity index (χ1) is 9.61. The fourth-order valence-corrected chi connectivity index (χ4v) is 2.73. The van der Waals surface area contributed by atoms with Crippen molar-refractivity contribution in [1.29, 1.82) is 0 Å². The van der Waals surface area contributed by atoms with Crippen LogP contribution in [0.15, 0.2) is 36.2 Å². The van der Waals surface area contributed by atoms with Gasteiger partial charge in [0.15, 0.2) is 0 Å². The summed E-state index contributed by atoms with van der Waals surface area (Å²) in [7, 11) is 1.34. The molecule has 1 N–H and O–H groups in total. The minimum atomic E-state index is -0.439. The number of pyridine rings is 1. The van der Waals surface area contributed by atoms with Crippen LogP contribution in [0.5, 0.6) is 0 Å². The van der Waals surface area contributed by atoms with E-state index in [1.54, 1.807) is 12.3 Å². The Hall–Kier alpha value is -2.07. The van der Waals surface area contributed by atoms with Crippen LogP contribution in [-0.2, 0) is 9.53 Å². The highest BCUT2D eigenvalue weighted by molar-refractivity contribution is 6.24. The van der Waals surface area contributed by atoms with Crippen molar-refractivity contribution in [1.82, 2.24) is 4.98 Å². The molecule has 0 fully saturated rings. The maximum absolute atomic E-state index is 11.7. The fraction of sp³-hybridized carbons (Fsp3) is 0.200. The number of aromatic nitrogens is 1. The number of hydrogen-bond acceptors (Lipinski definition) is 4. The van der Waals surface area contributed by atoms with Crippen molar-refractivity contribution in [2.75, 3.05) is 12.4 Å². The highest BCUT2D eigenvalue weighted by Crippen LogP contribution is 2.40. The van der Waals surface area contributed by atoms with E-state index in [0.29, 0.717) is 5.70 Å². The Balaban J connectivity index is 2.23. The molecule has 1 aromatic heterocycles. The summed E-state index contributed by atoms with van der Waals surface area (Å²) in [6, 6.07) is 5.91. The monoisotopic (exact) mass is 288 g/mol. The highest BCUT2D eigenvalue weighted by atomic mass is 35.5. The Morgan fingerprint density at radius 1 is 1.50 bits per heavy atom. The number of hydrogen-bond donors (Lipinski definition) is 1. The number of aryl methyl sites for hydroxylation is 1. The maximum Gasteiger partial charge on any atom is 0.354 e. The summed E-state index contributed by atoms with van der Waals surface area (Å²) in [5.74, 6) is -0.439. The van der Waals surface area contributed by atoms with Gasteiger partial charge in [0.1, 0.15) is 5.70 Å². The van der Waals surface area contributed by atoms with Gasteiger partial charge in [-0.05, 0) is 30.2 Å². The van der Waals surface area contributed by atoms with Crippen LogP contribution in [0, 0.1) is 6.92 Å². The number of halogens is 1. The number of carbonyl (C=O) groups excluding carboxylic acids is 1. The Kier molecular flexibility index (Phi) is 3.10. The third kappa shape index (κ3) is 1.93. The lowest BCUT2D eigenvalue weighted by molar-refractivity contribution is -0.135. The molecule has 1 aromatic carbocycles. The van der Waals surface area contributed by atoms with Crippen LogP contribution in [0.25, 0.3) is 10.9 Å². The molecule has 102 valence electrons. The van der Waals surface area contributed by atoms with E-state index in [1.165, 1.54) is 7.11 Å². The number of fused-ring (bicyclic) bond motifs is 3.